The van der Waals surface area contributed by atoms with E-state index in [-0.39, 0.29) is 29.5 Å². The van der Waals surface area contributed by atoms with Gasteiger partial charge in [0.1, 0.15) is 17.8 Å². The number of hydrogen-bond donors (Lipinski definition) is 1. The van der Waals surface area contributed by atoms with E-state index in [1.165, 1.54) is 32.1 Å². The highest BCUT2D eigenvalue weighted by molar-refractivity contribution is 6.09. The van der Waals surface area contributed by atoms with Crippen molar-refractivity contribution in [2.45, 2.75) is 96.5 Å². The summed E-state index contributed by atoms with van der Waals surface area (Å²) >= 11 is 0. The number of carbonyl (C=O) groups is 2. The van der Waals surface area contributed by atoms with Crippen molar-refractivity contribution in [2.24, 2.45) is 11.8 Å². The van der Waals surface area contributed by atoms with Gasteiger partial charge in [0.25, 0.3) is 0 Å². The summed E-state index contributed by atoms with van der Waals surface area (Å²) < 4.78 is 6.12. The molecule has 0 heterocycles. The van der Waals surface area contributed by atoms with Crippen LogP contribution in [0.1, 0.15) is 106 Å². The van der Waals surface area contributed by atoms with E-state index >= 15 is 0 Å². The van der Waals surface area contributed by atoms with E-state index < -0.39 is 5.92 Å². The number of phenolic OH excluding ortho intramolecular Hbond substituents is 1. The minimum atomic E-state index is -0.614. The van der Waals surface area contributed by atoms with Crippen LogP contribution in [0.15, 0.2) is 12.1 Å². The smallest absolute Gasteiger partial charge is 0.177 e. The number of unbranched alkanes of at least 4 members (excludes halogenated alkanes) is 5. The van der Waals surface area contributed by atoms with Gasteiger partial charge < -0.3 is 14.6 Å². The predicted octanol–water partition coefficient (Wildman–Crippen LogP) is 6.20. The molecule has 0 bridgehead atoms. The van der Waals surface area contributed by atoms with Crippen molar-refractivity contribution in [3.63, 3.8) is 0 Å². The number of benzene rings is 1. The zero-order chi connectivity index (χ0) is 20.8. The van der Waals surface area contributed by atoms with Gasteiger partial charge in [-0.25, -0.2) is 0 Å². The third-order valence-corrected chi connectivity index (χ3v) is 6.80. The first-order valence-electron chi connectivity index (χ1n) is 11.6. The van der Waals surface area contributed by atoms with Crippen LogP contribution in [0.3, 0.4) is 0 Å². The van der Waals surface area contributed by atoms with E-state index in [0.29, 0.717) is 11.3 Å². The number of carbonyl (C=O) groups excluding carboxylic acids is 2. The Bertz CT molecular complexity index is 711. The van der Waals surface area contributed by atoms with Crippen LogP contribution in [-0.2, 0) is 4.79 Å². The lowest BCUT2D eigenvalue weighted by Crippen LogP contribution is -2.37. The van der Waals surface area contributed by atoms with Crippen LogP contribution in [0.2, 0.25) is 0 Å². The standard InChI is InChI=1S/C25H36O4/c1-3-4-5-6-7-8-11-17(2)29-18-14-21-19-12-9-10-13-20(19)22(16-26)25(28)24(21)23(27)15-18/h14-17,19-20,22,27H,3-13H2,1-2H3. The monoisotopic (exact) mass is 400 g/mol. The number of rotatable bonds is 10. The maximum atomic E-state index is 12.9. The number of phenols is 1. The average Bonchev–Trinajstić information content (AvgIpc) is 2.70. The Labute approximate surface area is 175 Å². The van der Waals surface area contributed by atoms with Gasteiger partial charge in [-0.3, -0.25) is 4.79 Å². The molecule has 160 valence electrons. The molecule has 4 unspecified atom stereocenters. The first-order chi connectivity index (χ1) is 14.1. The Morgan fingerprint density at radius 2 is 1.86 bits per heavy atom. The lowest BCUT2D eigenvalue weighted by atomic mass is 9.63. The molecule has 29 heavy (non-hydrogen) atoms. The number of ketones is 1. The summed E-state index contributed by atoms with van der Waals surface area (Å²) in [5.74, 6) is -0.00241. The number of fused-ring (bicyclic) bond motifs is 3. The molecule has 4 heteroatoms. The van der Waals surface area contributed by atoms with Crippen molar-refractivity contribution in [1.82, 2.24) is 0 Å². The van der Waals surface area contributed by atoms with E-state index in [2.05, 4.69) is 13.8 Å². The number of ether oxygens (including phenoxy) is 1. The predicted molar refractivity (Wildman–Crippen MR) is 115 cm³/mol. The molecular weight excluding hydrogens is 364 g/mol. The van der Waals surface area contributed by atoms with Crippen LogP contribution in [0, 0.1) is 11.8 Å². The molecule has 0 aromatic heterocycles. The zero-order valence-electron chi connectivity index (χ0n) is 18.0. The van der Waals surface area contributed by atoms with Crippen LogP contribution in [0.4, 0.5) is 0 Å². The SMILES string of the molecule is CCCCCCCCC(C)Oc1cc(O)c2c(c1)C1CCCCC1C(C=O)C2=O. The summed E-state index contributed by atoms with van der Waals surface area (Å²) in [5, 5.41) is 10.6. The largest absolute Gasteiger partial charge is 0.507 e. The minimum absolute atomic E-state index is 0.0369. The highest BCUT2D eigenvalue weighted by atomic mass is 16.5. The Hall–Kier alpha value is -1.84. The van der Waals surface area contributed by atoms with E-state index in [9.17, 15) is 14.7 Å². The maximum Gasteiger partial charge on any atom is 0.177 e. The van der Waals surface area contributed by atoms with Crippen LogP contribution in [0.25, 0.3) is 0 Å². The fourth-order valence-electron chi connectivity index (χ4n) is 5.25. The van der Waals surface area contributed by atoms with Gasteiger partial charge in [-0.05, 0) is 56.1 Å². The fraction of sp³-hybridized carbons (Fsp3) is 0.680. The van der Waals surface area contributed by atoms with Crippen LogP contribution < -0.4 is 4.74 Å². The Kier molecular flexibility index (Phi) is 7.74. The van der Waals surface area contributed by atoms with Gasteiger partial charge in [-0.1, -0.05) is 51.9 Å². The van der Waals surface area contributed by atoms with Crippen molar-refractivity contribution in [1.29, 1.82) is 0 Å². The number of aldehydes is 1. The summed E-state index contributed by atoms with van der Waals surface area (Å²) in [6.07, 6.45) is 13.4. The van der Waals surface area contributed by atoms with Gasteiger partial charge in [-0.15, -0.1) is 0 Å². The summed E-state index contributed by atoms with van der Waals surface area (Å²) in [5.41, 5.74) is 1.24. The first kappa shape index (κ1) is 21.9. The maximum absolute atomic E-state index is 12.9. The van der Waals surface area contributed by atoms with Gasteiger partial charge >= 0.3 is 0 Å². The molecule has 4 nitrogen and oxygen atoms in total. The van der Waals surface area contributed by atoms with Crippen molar-refractivity contribution >= 4 is 12.1 Å². The third kappa shape index (κ3) is 5.02. The summed E-state index contributed by atoms with van der Waals surface area (Å²) in [6, 6.07) is 3.51. The van der Waals surface area contributed by atoms with E-state index in [1.807, 2.05) is 6.07 Å². The summed E-state index contributed by atoms with van der Waals surface area (Å²) in [6.45, 7) is 4.30. The molecule has 3 rings (SSSR count). The second-order valence-corrected chi connectivity index (χ2v) is 8.97. The average molecular weight is 401 g/mol. The topological polar surface area (TPSA) is 63.6 Å². The lowest BCUT2D eigenvalue weighted by molar-refractivity contribution is -0.111. The van der Waals surface area contributed by atoms with Gasteiger partial charge in [0.15, 0.2) is 5.78 Å². The third-order valence-electron chi connectivity index (χ3n) is 6.80. The molecule has 0 spiro atoms. The van der Waals surface area contributed by atoms with Crippen LogP contribution >= 0.6 is 0 Å². The second kappa shape index (κ2) is 10.3. The zero-order valence-corrected chi connectivity index (χ0v) is 18.0. The Balaban J connectivity index is 1.69. The second-order valence-electron chi connectivity index (χ2n) is 8.97. The molecule has 0 amide bonds. The quantitative estimate of drug-likeness (QED) is 0.289. The normalized spacial score (nSPS) is 24.5. The van der Waals surface area contributed by atoms with Gasteiger partial charge in [0.2, 0.25) is 0 Å². The molecule has 2 aliphatic rings. The molecule has 1 saturated carbocycles. The molecule has 1 N–H and O–H groups in total. The molecule has 1 aromatic rings. The summed E-state index contributed by atoms with van der Waals surface area (Å²) in [7, 11) is 0. The number of aromatic hydroxyl groups is 1. The van der Waals surface area contributed by atoms with Gasteiger partial charge in [0, 0.05) is 6.07 Å². The van der Waals surface area contributed by atoms with Gasteiger partial charge in [-0.2, -0.15) is 0 Å². The molecule has 0 saturated heterocycles. The molecule has 1 fully saturated rings. The van der Waals surface area contributed by atoms with Crippen LogP contribution in [0.5, 0.6) is 11.5 Å². The van der Waals surface area contributed by atoms with E-state index in [4.69, 9.17) is 4.74 Å². The lowest BCUT2D eigenvalue weighted by Gasteiger charge is -2.40. The van der Waals surface area contributed by atoms with Crippen LogP contribution in [-0.4, -0.2) is 23.3 Å². The number of hydrogen-bond acceptors (Lipinski definition) is 4. The van der Waals surface area contributed by atoms with Crippen molar-refractivity contribution in [3.8, 4) is 11.5 Å². The molecule has 1 aromatic carbocycles. The molecule has 2 aliphatic carbocycles. The molecule has 0 aliphatic heterocycles. The van der Waals surface area contributed by atoms with E-state index in [1.54, 1.807) is 6.07 Å². The highest BCUT2D eigenvalue weighted by Crippen LogP contribution is 2.50. The Morgan fingerprint density at radius 1 is 1.14 bits per heavy atom. The highest BCUT2D eigenvalue weighted by Gasteiger charge is 2.44. The molecular formula is C25H36O4. The number of Topliss-reactive ketones (excluding diaryl/α,β-unsaturated/α-hetero) is 1. The van der Waals surface area contributed by atoms with Crippen molar-refractivity contribution in [3.05, 3.63) is 23.3 Å². The summed E-state index contributed by atoms with van der Waals surface area (Å²) in [4.78, 5) is 24.5. The molecule has 0 radical (unpaired) electrons. The minimum Gasteiger partial charge on any atom is -0.507 e. The Morgan fingerprint density at radius 3 is 2.62 bits per heavy atom. The van der Waals surface area contributed by atoms with Crippen molar-refractivity contribution in [2.75, 3.05) is 0 Å². The van der Waals surface area contributed by atoms with E-state index in [0.717, 1.165) is 50.4 Å². The fourth-order valence-corrected chi connectivity index (χ4v) is 5.25. The molecule has 4 atom stereocenters. The van der Waals surface area contributed by atoms with Crippen molar-refractivity contribution < 1.29 is 19.4 Å². The van der Waals surface area contributed by atoms with Gasteiger partial charge in [0.05, 0.1) is 17.6 Å². The first-order valence-corrected chi connectivity index (χ1v) is 11.6.